The highest BCUT2D eigenvalue weighted by Gasteiger charge is 2.21. The topological polar surface area (TPSA) is 78.9 Å². The third-order valence-electron chi connectivity index (χ3n) is 4.67. The van der Waals surface area contributed by atoms with Gasteiger partial charge in [-0.3, -0.25) is 4.79 Å². The Morgan fingerprint density at radius 2 is 2.08 bits per heavy atom. The van der Waals surface area contributed by atoms with Crippen molar-refractivity contribution in [2.75, 3.05) is 23.7 Å². The molecular weight excluding hydrogens is 326 g/mol. The number of nitrogens with one attached hydrogen (secondary N) is 3. The van der Waals surface area contributed by atoms with Gasteiger partial charge in [0, 0.05) is 35.2 Å². The van der Waals surface area contributed by atoms with Gasteiger partial charge in [0.1, 0.15) is 11.6 Å². The maximum atomic E-state index is 12.5. The zero-order chi connectivity index (χ0) is 18.7. The third kappa shape index (κ3) is 4.30. The van der Waals surface area contributed by atoms with Crippen molar-refractivity contribution in [2.45, 2.75) is 52.5 Å². The number of pyridine rings is 2. The average Bonchev–Trinajstić information content (AvgIpc) is 2.62. The van der Waals surface area contributed by atoms with Gasteiger partial charge in [-0.2, -0.15) is 0 Å². The van der Waals surface area contributed by atoms with Gasteiger partial charge in [0.05, 0.1) is 5.92 Å². The lowest BCUT2D eigenvalue weighted by molar-refractivity contribution is -0.120. The van der Waals surface area contributed by atoms with Crippen LogP contribution < -0.4 is 16.0 Å². The van der Waals surface area contributed by atoms with Crippen LogP contribution in [0.3, 0.4) is 0 Å². The first-order valence-corrected chi connectivity index (χ1v) is 9.53. The molecule has 6 heteroatoms. The Labute approximate surface area is 155 Å². The standard InChI is InChI=1S/C20H29N5O/c1-12(2)17-8-15-11-22-18(9-16(15)19(24-17)23-13(3)4)25-20(26)14-6-5-7-21-10-14/h8-9,11-14,21H,5-7,10H2,1-4H3,(H,23,24)(H,22,25,26)/t14-/m1/s1. The fourth-order valence-corrected chi connectivity index (χ4v) is 3.22. The molecule has 1 fully saturated rings. The van der Waals surface area contributed by atoms with Crippen molar-refractivity contribution in [1.29, 1.82) is 0 Å². The number of carbonyl (C=O) groups is 1. The van der Waals surface area contributed by atoms with E-state index in [4.69, 9.17) is 4.98 Å². The number of carbonyl (C=O) groups excluding carboxylic acids is 1. The van der Waals surface area contributed by atoms with Gasteiger partial charge in [-0.1, -0.05) is 13.8 Å². The molecule has 0 bridgehead atoms. The van der Waals surface area contributed by atoms with Crippen LogP contribution in [0.15, 0.2) is 18.3 Å². The summed E-state index contributed by atoms with van der Waals surface area (Å²) in [6.45, 7) is 10.2. The highest BCUT2D eigenvalue weighted by atomic mass is 16.2. The predicted octanol–water partition coefficient (Wildman–Crippen LogP) is 3.51. The number of nitrogens with zero attached hydrogens (tertiary/aromatic N) is 2. The molecule has 0 unspecified atom stereocenters. The van der Waals surface area contributed by atoms with Crippen molar-refractivity contribution in [3.63, 3.8) is 0 Å². The van der Waals surface area contributed by atoms with Crippen LogP contribution in [0.25, 0.3) is 10.8 Å². The summed E-state index contributed by atoms with van der Waals surface area (Å²) in [4.78, 5) is 21.7. The minimum absolute atomic E-state index is 0.0101. The summed E-state index contributed by atoms with van der Waals surface area (Å²) >= 11 is 0. The fourth-order valence-electron chi connectivity index (χ4n) is 3.22. The molecule has 0 saturated carbocycles. The van der Waals surface area contributed by atoms with Gasteiger partial charge < -0.3 is 16.0 Å². The van der Waals surface area contributed by atoms with E-state index in [1.807, 2.05) is 12.3 Å². The Morgan fingerprint density at radius 1 is 1.27 bits per heavy atom. The Morgan fingerprint density at radius 3 is 2.73 bits per heavy atom. The molecule has 1 atom stereocenters. The molecule has 0 aliphatic carbocycles. The zero-order valence-corrected chi connectivity index (χ0v) is 16.1. The number of piperidine rings is 1. The molecule has 1 aliphatic heterocycles. The molecule has 140 valence electrons. The molecule has 3 heterocycles. The van der Waals surface area contributed by atoms with Gasteiger partial charge in [0.2, 0.25) is 5.91 Å². The van der Waals surface area contributed by atoms with Crippen LogP contribution in [0.2, 0.25) is 0 Å². The van der Waals surface area contributed by atoms with Crippen molar-refractivity contribution in [2.24, 2.45) is 5.92 Å². The molecule has 2 aromatic rings. The molecule has 1 saturated heterocycles. The second-order valence-electron chi connectivity index (χ2n) is 7.67. The number of aromatic nitrogens is 2. The minimum Gasteiger partial charge on any atom is -0.367 e. The van der Waals surface area contributed by atoms with Crippen molar-refractivity contribution in [3.8, 4) is 0 Å². The Balaban J connectivity index is 1.90. The summed E-state index contributed by atoms with van der Waals surface area (Å²) in [7, 11) is 0. The first kappa shape index (κ1) is 18.6. The van der Waals surface area contributed by atoms with Crippen molar-refractivity contribution in [3.05, 3.63) is 24.0 Å². The second-order valence-corrected chi connectivity index (χ2v) is 7.67. The fraction of sp³-hybridized carbons (Fsp3) is 0.550. The van der Waals surface area contributed by atoms with Crippen LogP contribution in [0.5, 0.6) is 0 Å². The summed E-state index contributed by atoms with van der Waals surface area (Å²) in [5, 5.41) is 11.7. The van der Waals surface area contributed by atoms with Crippen molar-refractivity contribution in [1.82, 2.24) is 15.3 Å². The first-order chi connectivity index (χ1) is 12.4. The molecule has 1 amide bonds. The lowest BCUT2D eigenvalue weighted by Crippen LogP contribution is -2.37. The van der Waals surface area contributed by atoms with E-state index in [0.29, 0.717) is 11.7 Å². The van der Waals surface area contributed by atoms with Crippen LogP contribution in [0.1, 0.15) is 52.1 Å². The van der Waals surface area contributed by atoms with Crippen LogP contribution in [0.4, 0.5) is 11.6 Å². The van der Waals surface area contributed by atoms with E-state index in [9.17, 15) is 4.79 Å². The number of rotatable bonds is 5. The number of fused-ring (bicyclic) bond motifs is 1. The van der Waals surface area contributed by atoms with E-state index in [1.165, 1.54) is 0 Å². The van der Waals surface area contributed by atoms with Crippen molar-refractivity contribution < 1.29 is 4.79 Å². The molecule has 2 aromatic heterocycles. The molecule has 3 rings (SSSR count). The molecule has 1 aliphatic rings. The van der Waals surface area contributed by atoms with Gasteiger partial charge in [-0.15, -0.1) is 0 Å². The van der Waals surface area contributed by atoms with Crippen molar-refractivity contribution >= 4 is 28.3 Å². The molecule has 3 N–H and O–H groups in total. The monoisotopic (exact) mass is 355 g/mol. The highest BCUT2D eigenvalue weighted by Crippen LogP contribution is 2.28. The summed E-state index contributed by atoms with van der Waals surface area (Å²) < 4.78 is 0. The van der Waals surface area contributed by atoms with Gasteiger partial charge in [-0.25, -0.2) is 9.97 Å². The maximum Gasteiger partial charge on any atom is 0.229 e. The van der Waals surface area contributed by atoms with Gasteiger partial charge in [-0.05, 0) is 51.3 Å². The van der Waals surface area contributed by atoms with Crippen LogP contribution >= 0.6 is 0 Å². The third-order valence-corrected chi connectivity index (χ3v) is 4.67. The Hall–Kier alpha value is -2.21. The van der Waals surface area contributed by atoms with E-state index in [0.717, 1.165) is 48.2 Å². The quantitative estimate of drug-likeness (QED) is 0.765. The lowest BCUT2D eigenvalue weighted by atomic mass is 9.99. The largest absolute Gasteiger partial charge is 0.367 e. The summed E-state index contributed by atoms with van der Waals surface area (Å²) in [6.07, 6.45) is 3.78. The minimum atomic E-state index is 0.0101. The molecule has 26 heavy (non-hydrogen) atoms. The lowest BCUT2D eigenvalue weighted by Gasteiger charge is -2.22. The van der Waals surface area contributed by atoms with Gasteiger partial charge in [0.15, 0.2) is 0 Å². The SMILES string of the molecule is CC(C)Nc1nc(C(C)C)cc2cnc(NC(=O)[C@@H]3CCCNC3)cc12. The molecular formula is C20H29N5O. The van der Waals surface area contributed by atoms with E-state index in [-0.39, 0.29) is 17.9 Å². The maximum absolute atomic E-state index is 12.5. The van der Waals surface area contributed by atoms with Crippen LogP contribution in [-0.4, -0.2) is 35.0 Å². The van der Waals surface area contributed by atoms with Crippen LogP contribution in [0, 0.1) is 5.92 Å². The first-order valence-electron chi connectivity index (χ1n) is 9.53. The van der Waals surface area contributed by atoms with E-state index < -0.39 is 0 Å². The number of amides is 1. The number of anilines is 2. The highest BCUT2D eigenvalue weighted by molar-refractivity contribution is 5.97. The Kier molecular flexibility index (Phi) is 5.71. The smallest absolute Gasteiger partial charge is 0.229 e. The predicted molar refractivity (Wildman–Crippen MR) is 107 cm³/mol. The Bertz CT molecular complexity index is 781. The summed E-state index contributed by atoms with van der Waals surface area (Å²) in [5.74, 6) is 1.81. The second kappa shape index (κ2) is 7.99. The van der Waals surface area contributed by atoms with E-state index >= 15 is 0 Å². The summed E-state index contributed by atoms with van der Waals surface area (Å²) in [5.41, 5.74) is 1.03. The molecule has 0 aromatic carbocycles. The summed E-state index contributed by atoms with van der Waals surface area (Å²) in [6, 6.07) is 4.27. The van der Waals surface area contributed by atoms with E-state index in [2.05, 4.69) is 54.7 Å². The van der Waals surface area contributed by atoms with Crippen LogP contribution in [-0.2, 0) is 4.79 Å². The van der Waals surface area contributed by atoms with E-state index in [1.54, 1.807) is 0 Å². The number of hydrogen-bond acceptors (Lipinski definition) is 5. The van der Waals surface area contributed by atoms with Gasteiger partial charge >= 0.3 is 0 Å². The average molecular weight is 355 g/mol. The number of hydrogen-bond donors (Lipinski definition) is 3. The van der Waals surface area contributed by atoms with Gasteiger partial charge in [0.25, 0.3) is 0 Å². The molecule has 0 radical (unpaired) electrons. The molecule has 0 spiro atoms. The zero-order valence-electron chi connectivity index (χ0n) is 16.1. The normalized spacial score (nSPS) is 17.7. The molecule has 6 nitrogen and oxygen atoms in total.